The summed E-state index contributed by atoms with van der Waals surface area (Å²) in [5.41, 5.74) is 1.37. The maximum atomic E-state index is 5.31. The van der Waals surface area contributed by atoms with Crippen LogP contribution in [0.5, 0.6) is 0 Å². The van der Waals surface area contributed by atoms with Gasteiger partial charge in [-0.05, 0) is 44.4 Å². The van der Waals surface area contributed by atoms with Gasteiger partial charge in [-0.1, -0.05) is 30.3 Å². The molecule has 0 fully saturated rings. The zero-order chi connectivity index (χ0) is 15.6. The average molecular weight is 427 g/mol. The Labute approximate surface area is 155 Å². The molecule has 0 saturated carbocycles. The van der Waals surface area contributed by atoms with Gasteiger partial charge in [0, 0.05) is 12.6 Å². The van der Waals surface area contributed by atoms with E-state index in [1.807, 2.05) is 12.1 Å². The van der Waals surface area contributed by atoms with E-state index in [2.05, 4.69) is 59.8 Å². The van der Waals surface area contributed by atoms with Gasteiger partial charge in [-0.3, -0.25) is 0 Å². The highest BCUT2D eigenvalue weighted by atomic mass is 127. The van der Waals surface area contributed by atoms with Crippen molar-refractivity contribution in [3.63, 3.8) is 0 Å². The minimum Gasteiger partial charge on any atom is -0.467 e. The molecule has 0 aliphatic carbocycles. The number of rotatable bonds is 7. The summed E-state index contributed by atoms with van der Waals surface area (Å²) in [5.74, 6) is 1.70. The molecular weight excluding hydrogens is 401 g/mol. The van der Waals surface area contributed by atoms with Crippen LogP contribution in [0.3, 0.4) is 0 Å². The second kappa shape index (κ2) is 11.1. The van der Waals surface area contributed by atoms with Gasteiger partial charge in [0.2, 0.25) is 0 Å². The summed E-state index contributed by atoms with van der Waals surface area (Å²) in [4.78, 5) is 4.55. The molecule has 0 bridgehead atoms. The molecule has 2 rings (SSSR count). The van der Waals surface area contributed by atoms with E-state index in [0.717, 1.165) is 31.1 Å². The van der Waals surface area contributed by atoms with E-state index >= 15 is 0 Å². The van der Waals surface area contributed by atoms with Crippen LogP contribution >= 0.6 is 24.0 Å². The van der Waals surface area contributed by atoms with Crippen LogP contribution in [0.2, 0.25) is 0 Å². The second-order valence-corrected chi connectivity index (χ2v) is 5.34. The van der Waals surface area contributed by atoms with Crippen molar-refractivity contribution in [2.75, 3.05) is 6.54 Å². The first-order chi connectivity index (χ1) is 10.8. The minimum atomic E-state index is 0. The molecule has 1 aromatic heterocycles. The zero-order valence-electron chi connectivity index (χ0n) is 13.8. The van der Waals surface area contributed by atoms with E-state index in [4.69, 9.17) is 4.42 Å². The van der Waals surface area contributed by atoms with Crippen LogP contribution in [0.4, 0.5) is 0 Å². The molecule has 126 valence electrons. The molecule has 0 aliphatic rings. The van der Waals surface area contributed by atoms with E-state index in [1.54, 1.807) is 6.26 Å². The molecule has 2 N–H and O–H groups in total. The molecule has 1 atom stereocenters. The fourth-order valence-corrected chi connectivity index (χ4v) is 2.21. The maximum absolute atomic E-state index is 5.31. The molecule has 0 radical (unpaired) electrons. The lowest BCUT2D eigenvalue weighted by Crippen LogP contribution is -2.42. The number of hydrogen-bond donors (Lipinski definition) is 2. The zero-order valence-corrected chi connectivity index (χ0v) is 16.1. The summed E-state index contributed by atoms with van der Waals surface area (Å²) in [5, 5.41) is 6.72. The molecular formula is C18H26IN3O. The Kier molecular flexibility index (Phi) is 9.43. The van der Waals surface area contributed by atoms with Gasteiger partial charge >= 0.3 is 0 Å². The smallest absolute Gasteiger partial charge is 0.191 e. The SMILES string of the molecule is CCNC(=NCc1ccco1)NC(C)CCc1ccccc1.I. The van der Waals surface area contributed by atoms with Crippen molar-refractivity contribution in [2.45, 2.75) is 39.3 Å². The number of aryl methyl sites for hydroxylation is 1. The number of aliphatic imine (C=N–C) groups is 1. The lowest BCUT2D eigenvalue weighted by Gasteiger charge is -2.17. The Hall–Kier alpha value is -1.50. The van der Waals surface area contributed by atoms with Gasteiger partial charge in [-0.15, -0.1) is 24.0 Å². The van der Waals surface area contributed by atoms with Gasteiger partial charge in [0.25, 0.3) is 0 Å². The second-order valence-electron chi connectivity index (χ2n) is 5.34. The van der Waals surface area contributed by atoms with Crippen LogP contribution in [-0.2, 0) is 13.0 Å². The first-order valence-electron chi connectivity index (χ1n) is 7.89. The Balaban J connectivity index is 0.00000264. The predicted molar refractivity (Wildman–Crippen MR) is 106 cm³/mol. The van der Waals surface area contributed by atoms with Crippen LogP contribution in [-0.4, -0.2) is 18.5 Å². The third kappa shape index (κ3) is 7.54. The van der Waals surface area contributed by atoms with E-state index in [0.29, 0.717) is 12.6 Å². The largest absolute Gasteiger partial charge is 0.467 e. The molecule has 5 heteroatoms. The minimum absolute atomic E-state index is 0. The number of hydrogen-bond acceptors (Lipinski definition) is 2. The lowest BCUT2D eigenvalue weighted by molar-refractivity contribution is 0.510. The van der Waals surface area contributed by atoms with Crippen molar-refractivity contribution >= 4 is 29.9 Å². The molecule has 0 amide bonds. The summed E-state index contributed by atoms with van der Waals surface area (Å²) in [7, 11) is 0. The van der Waals surface area contributed by atoms with Gasteiger partial charge in [0.05, 0.1) is 6.26 Å². The van der Waals surface area contributed by atoms with Crippen LogP contribution < -0.4 is 10.6 Å². The van der Waals surface area contributed by atoms with Crippen LogP contribution in [0.1, 0.15) is 31.6 Å². The fraction of sp³-hybridized carbons (Fsp3) is 0.389. The summed E-state index contributed by atoms with van der Waals surface area (Å²) in [6.45, 7) is 5.64. The van der Waals surface area contributed by atoms with Gasteiger partial charge in [0.15, 0.2) is 5.96 Å². The summed E-state index contributed by atoms with van der Waals surface area (Å²) < 4.78 is 5.31. The summed E-state index contributed by atoms with van der Waals surface area (Å²) >= 11 is 0. The molecule has 0 aliphatic heterocycles. The molecule has 1 heterocycles. The number of nitrogens with one attached hydrogen (secondary N) is 2. The highest BCUT2D eigenvalue weighted by Crippen LogP contribution is 2.05. The molecule has 4 nitrogen and oxygen atoms in total. The topological polar surface area (TPSA) is 49.6 Å². The first kappa shape index (κ1) is 19.5. The fourth-order valence-electron chi connectivity index (χ4n) is 2.21. The number of benzene rings is 1. The van der Waals surface area contributed by atoms with Gasteiger partial charge in [-0.25, -0.2) is 4.99 Å². The monoisotopic (exact) mass is 427 g/mol. The highest BCUT2D eigenvalue weighted by Gasteiger charge is 2.06. The Morgan fingerprint density at radius 1 is 1.17 bits per heavy atom. The van der Waals surface area contributed by atoms with Crippen molar-refractivity contribution in [1.29, 1.82) is 0 Å². The standard InChI is InChI=1S/C18H25N3O.HI/c1-3-19-18(20-14-17-10-7-13-22-17)21-15(2)11-12-16-8-5-4-6-9-16;/h4-10,13,15H,3,11-12,14H2,1-2H3,(H2,19,20,21);1H. The van der Waals surface area contributed by atoms with Gasteiger partial charge in [-0.2, -0.15) is 0 Å². The van der Waals surface area contributed by atoms with Crippen molar-refractivity contribution in [1.82, 2.24) is 10.6 Å². The Bertz CT molecular complexity index is 555. The summed E-state index contributed by atoms with van der Waals surface area (Å²) in [6, 6.07) is 14.7. The maximum Gasteiger partial charge on any atom is 0.191 e. The predicted octanol–water partition coefficient (Wildman–Crippen LogP) is 3.97. The normalized spacial score (nSPS) is 12.3. The average Bonchev–Trinajstić information content (AvgIpc) is 3.05. The molecule has 23 heavy (non-hydrogen) atoms. The van der Waals surface area contributed by atoms with E-state index < -0.39 is 0 Å². The van der Waals surface area contributed by atoms with E-state index in [9.17, 15) is 0 Å². The quantitative estimate of drug-likeness (QED) is 0.400. The Morgan fingerprint density at radius 2 is 1.96 bits per heavy atom. The Morgan fingerprint density at radius 3 is 2.61 bits per heavy atom. The van der Waals surface area contributed by atoms with Crippen molar-refractivity contribution < 1.29 is 4.42 Å². The highest BCUT2D eigenvalue weighted by molar-refractivity contribution is 14.0. The van der Waals surface area contributed by atoms with Crippen LogP contribution in [0, 0.1) is 0 Å². The summed E-state index contributed by atoms with van der Waals surface area (Å²) in [6.07, 6.45) is 3.80. The van der Waals surface area contributed by atoms with Crippen molar-refractivity contribution in [2.24, 2.45) is 4.99 Å². The third-order valence-corrected chi connectivity index (χ3v) is 3.41. The van der Waals surface area contributed by atoms with E-state index in [1.165, 1.54) is 5.56 Å². The number of guanidine groups is 1. The molecule has 0 spiro atoms. The first-order valence-corrected chi connectivity index (χ1v) is 7.89. The molecule has 1 unspecified atom stereocenters. The van der Waals surface area contributed by atoms with Gasteiger partial charge in [0.1, 0.15) is 12.3 Å². The van der Waals surface area contributed by atoms with Crippen LogP contribution in [0.15, 0.2) is 58.1 Å². The number of furan rings is 1. The van der Waals surface area contributed by atoms with Crippen LogP contribution in [0.25, 0.3) is 0 Å². The van der Waals surface area contributed by atoms with Crippen molar-refractivity contribution in [3.05, 3.63) is 60.1 Å². The lowest BCUT2D eigenvalue weighted by atomic mass is 10.1. The molecule has 1 aromatic carbocycles. The number of nitrogens with zero attached hydrogens (tertiary/aromatic N) is 1. The molecule has 2 aromatic rings. The van der Waals surface area contributed by atoms with E-state index in [-0.39, 0.29) is 24.0 Å². The third-order valence-electron chi connectivity index (χ3n) is 3.41. The number of halogens is 1. The van der Waals surface area contributed by atoms with Crippen molar-refractivity contribution in [3.8, 4) is 0 Å². The van der Waals surface area contributed by atoms with Gasteiger partial charge < -0.3 is 15.1 Å². The molecule has 0 saturated heterocycles.